The molecule has 2 aromatic rings. The quantitative estimate of drug-likeness (QED) is 0.625. The largest absolute Gasteiger partial charge is 0.386 e. The molecule has 1 heterocycles. The van der Waals surface area contributed by atoms with Crippen LogP contribution >= 0.6 is 0 Å². The SMILES string of the molecule is CC(=O)Nc1ccc2cc3c(cc2c1)C(=O)OC3=O. The molecule has 0 saturated heterocycles. The second-order valence-corrected chi connectivity index (χ2v) is 4.32. The summed E-state index contributed by atoms with van der Waals surface area (Å²) < 4.78 is 4.55. The van der Waals surface area contributed by atoms with E-state index in [0.29, 0.717) is 5.69 Å². The Balaban J connectivity index is 2.17. The number of esters is 2. The van der Waals surface area contributed by atoms with Crippen LogP contribution in [0.2, 0.25) is 0 Å². The number of nitrogens with one attached hydrogen (secondary N) is 1. The molecule has 19 heavy (non-hydrogen) atoms. The second-order valence-electron chi connectivity index (χ2n) is 4.32. The third-order valence-corrected chi connectivity index (χ3v) is 2.92. The van der Waals surface area contributed by atoms with Gasteiger partial charge in [0.25, 0.3) is 0 Å². The Labute approximate surface area is 108 Å². The van der Waals surface area contributed by atoms with Crippen molar-refractivity contribution in [1.82, 2.24) is 0 Å². The third-order valence-electron chi connectivity index (χ3n) is 2.92. The van der Waals surface area contributed by atoms with Crippen molar-refractivity contribution < 1.29 is 19.1 Å². The number of cyclic esters (lactones) is 2. The highest BCUT2D eigenvalue weighted by Crippen LogP contribution is 2.27. The normalized spacial score (nSPS) is 13.3. The average Bonchev–Trinajstić information content (AvgIpc) is 2.61. The lowest BCUT2D eigenvalue weighted by Crippen LogP contribution is -2.05. The zero-order valence-corrected chi connectivity index (χ0v) is 10.0. The molecule has 0 aromatic heterocycles. The van der Waals surface area contributed by atoms with Gasteiger partial charge in [0.05, 0.1) is 11.1 Å². The van der Waals surface area contributed by atoms with Crippen LogP contribution in [0.1, 0.15) is 27.6 Å². The third kappa shape index (κ3) is 1.85. The maximum absolute atomic E-state index is 11.5. The lowest BCUT2D eigenvalue weighted by Gasteiger charge is -2.05. The Hall–Kier alpha value is -2.69. The van der Waals surface area contributed by atoms with Crippen LogP contribution in [0.5, 0.6) is 0 Å². The molecule has 1 aliphatic heterocycles. The zero-order valence-electron chi connectivity index (χ0n) is 10.0. The summed E-state index contributed by atoms with van der Waals surface area (Å²) in [6, 6.07) is 8.47. The minimum absolute atomic E-state index is 0.171. The Bertz CT molecular complexity index is 748. The number of fused-ring (bicyclic) bond motifs is 2. The number of carbonyl (C=O) groups is 3. The predicted octanol–water partition coefficient (Wildman–Crippen LogP) is 2.11. The summed E-state index contributed by atoms with van der Waals surface area (Å²) in [6.45, 7) is 1.42. The number of amides is 1. The standard InChI is InChI=1S/C14H9NO4/c1-7(16)15-10-3-2-8-5-11-12(6-9(8)4-10)14(18)19-13(11)17/h2-6H,1H3,(H,15,16). The van der Waals surface area contributed by atoms with Crippen LogP contribution in [0.3, 0.4) is 0 Å². The molecule has 5 heteroatoms. The van der Waals surface area contributed by atoms with Crippen LogP contribution in [-0.2, 0) is 9.53 Å². The van der Waals surface area contributed by atoms with Crippen molar-refractivity contribution in [2.24, 2.45) is 0 Å². The van der Waals surface area contributed by atoms with Gasteiger partial charge >= 0.3 is 11.9 Å². The van der Waals surface area contributed by atoms with E-state index in [1.807, 2.05) is 0 Å². The van der Waals surface area contributed by atoms with Gasteiger partial charge in [-0.05, 0) is 35.0 Å². The number of carbonyl (C=O) groups excluding carboxylic acids is 3. The van der Waals surface area contributed by atoms with Gasteiger partial charge in [0.1, 0.15) is 0 Å². The monoisotopic (exact) mass is 255 g/mol. The van der Waals surface area contributed by atoms with Gasteiger partial charge in [0.2, 0.25) is 5.91 Å². The van der Waals surface area contributed by atoms with Crippen molar-refractivity contribution in [2.45, 2.75) is 6.92 Å². The molecule has 0 fully saturated rings. The van der Waals surface area contributed by atoms with Gasteiger partial charge < -0.3 is 10.1 Å². The van der Waals surface area contributed by atoms with Crippen molar-refractivity contribution in [3.8, 4) is 0 Å². The highest BCUT2D eigenvalue weighted by molar-refractivity contribution is 6.17. The number of anilines is 1. The maximum atomic E-state index is 11.5. The van der Waals surface area contributed by atoms with Crippen LogP contribution in [0.15, 0.2) is 30.3 Å². The van der Waals surface area contributed by atoms with Gasteiger partial charge in [0, 0.05) is 12.6 Å². The first-order chi connectivity index (χ1) is 9.04. The van der Waals surface area contributed by atoms with Crippen molar-refractivity contribution in [3.05, 3.63) is 41.5 Å². The molecular weight excluding hydrogens is 246 g/mol. The zero-order chi connectivity index (χ0) is 13.6. The summed E-state index contributed by atoms with van der Waals surface area (Å²) >= 11 is 0. The summed E-state index contributed by atoms with van der Waals surface area (Å²) in [7, 11) is 0. The molecule has 0 unspecified atom stereocenters. The first-order valence-corrected chi connectivity index (χ1v) is 5.66. The van der Waals surface area contributed by atoms with Gasteiger partial charge in [-0.2, -0.15) is 0 Å². The molecule has 0 saturated carbocycles. The molecule has 0 bridgehead atoms. The second kappa shape index (κ2) is 3.91. The van der Waals surface area contributed by atoms with Crippen LogP contribution in [-0.4, -0.2) is 17.8 Å². The average molecular weight is 255 g/mol. The Morgan fingerprint density at radius 1 is 1.00 bits per heavy atom. The van der Waals surface area contributed by atoms with Crippen LogP contribution in [0.4, 0.5) is 5.69 Å². The van der Waals surface area contributed by atoms with E-state index in [1.165, 1.54) is 6.92 Å². The van der Waals surface area contributed by atoms with E-state index >= 15 is 0 Å². The molecule has 1 N–H and O–H groups in total. The van der Waals surface area contributed by atoms with Crippen molar-refractivity contribution >= 4 is 34.3 Å². The van der Waals surface area contributed by atoms with Gasteiger partial charge in [-0.3, -0.25) is 4.79 Å². The topological polar surface area (TPSA) is 72.5 Å². The number of rotatable bonds is 1. The fourth-order valence-electron chi connectivity index (χ4n) is 2.11. The molecule has 5 nitrogen and oxygen atoms in total. The molecule has 3 rings (SSSR count). The van der Waals surface area contributed by atoms with E-state index in [4.69, 9.17) is 0 Å². The minimum Gasteiger partial charge on any atom is -0.386 e. The summed E-state index contributed by atoms with van der Waals surface area (Å²) in [6.07, 6.45) is 0. The molecule has 1 amide bonds. The van der Waals surface area contributed by atoms with Gasteiger partial charge in [-0.25, -0.2) is 9.59 Å². The molecule has 0 aliphatic carbocycles. The predicted molar refractivity (Wildman–Crippen MR) is 68.0 cm³/mol. The van der Waals surface area contributed by atoms with Crippen LogP contribution in [0.25, 0.3) is 10.8 Å². The minimum atomic E-state index is -0.633. The molecule has 2 aromatic carbocycles. The van der Waals surface area contributed by atoms with E-state index < -0.39 is 11.9 Å². The summed E-state index contributed by atoms with van der Waals surface area (Å²) in [5.74, 6) is -1.42. The number of benzene rings is 2. The molecule has 94 valence electrons. The number of hydrogen-bond donors (Lipinski definition) is 1. The first kappa shape index (κ1) is 11.4. The van der Waals surface area contributed by atoms with Crippen LogP contribution < -0.4 is 5.32 Å². The van der Waals surface area contributed by atoms with E-state index in [-0.39, 0.29) is 17.0 Å². The Kier molecular flexibility index (Phi) is 2.35. The van der Waals surface area contributed by atoms with E-state index in [9.17, 15) is 14.4 Å². The van der Waals surface area contributed by atoms with Gasteiger partial charge in [0.15, 0.2) is 0 Å². The molecule has 0 atom stereocenters. The molecule has 0 radical (unpaired) electrons. The summed E-state index contributed by atoms with van der Waals surface area (Å²) in [5, 5.41) is 4.23. The van der Waals surface area contributed by atoms with Crippen molar-refractivity contribution in [2.75, 3.05) is 5.32 Å². The summed E-state index contributed by atoms with van der Waals surface area (Å²) in [4.78, 5) is 33.9. The van der Waals surface area contributed by atoms with Crippen LogP contribution in [0, 0.1) is 0 Å². The highest BCUT2D eigenvalue weighted by atomic mass is 16.6. The Morgan fingerprint density at radius 2 is 1.63 bits per heavy atom. The van der Waals surface area contributed by atoms with Gasteiger partial charge in [-0.1, -0.05) is 6.07 Å². The smallest absolute Gasteiger partial charge is 0.346 e. The van der Waals surface area contributed by atoms with Gasteiger partial charge in [-0.15, -0.1) is 0 Å². The van der Waals surface area contributed by atoms with Crippen molar-refractivity contribution in [1.29, 1.82) is 0 Å². The van der Waals surface area contributed by atoms with E-state index in [2.05, 4.69) is 10.1 Å². The fourth-order valence-corrected chi connectivity index (χ4v) is 2.11. The fraction of sp³-hybridized carbons (Fsp3) is 0.0714. The summed E-state index contributed by atoms with van der Waals surface area (Å²) in [5.41, 5.74) is 1.18. The van der Waals surface area contributed by atoms with E-state index in [0.717, 1.165) is 10.8 Å². The Morgan fingerprint density at radius 3 is 2.26 bits per heavy atom. The number of hydrogen-bond acceptors (Lipinski definition) is 4. The van der Waals surface area contributed by atoms with E-state index in [1.54, 1.807) is 30.3 Å². The lowest BCUT2D eigenvalue weighted by atomic mass is 10.0. The highest BCUT2D eigenvalue weighted by Gasteiger charge is 2.29. The maximum Gasteiger partial charge on any atom is 0.346 e. The first-order valence-electron chi connectivity index (χ1n) is 5.66. The van der Waals surface area contributed by atoms with Crippen molar-refractivity contribution in [3.63, 3.8) is 0 Å². The molecule has 0 spiro atoms. The molecular formula is C14H9NO4. The number of ether oxygens (including phenoxy) is 1. The lowest BCUT2D eigenvalue weighted by molar-refractivity contribution is -0.114. The molecule has 1 aliphatic rings.